The first-order valence-electron chi connectivity index (χ1n) is 3.33. The smallest absolute Gasteiger partial charge is 0.320 e. The van der Waals surface area contributed by atoms with E-state index in [9.17, 15) is 9.00 Å². The average Bonchev–Trinajstić information content (AvgIpc) is 1.88. The zero-order valence-corrected chi connectivity index (χ0v) is 7.43. The summed E-state index contributed by atoms with van der Waals surface area (Å²) in [5.74, 6) is -1.08. The number of hydrogen-bond donors (Lipinski definition) is 2. The second-order valence-electron chi connectivity index (χ2n) is 2.44. The summed E-state index contributed by atoms with van der Waals surface area (Å²) in [6.07, 6.45) is 0. The first kappa shape index (κ1) is 10.6. The molecule has 66 valence electrons. The molecular weight excluding hydrogens is 166 g/mol. The van der Waals surface area contributed by atoms with Gasteiger partial charge in [0.25, 0.3) is 0 Å². The Kier molecular flexibility index (Phi) is 4.29. The number of carboxylic acid groups (broad SMARTS) is 1. The zero-order valence-electron chi connectivity index (χ0n) is 6.61. The topological polar surface area (TPSA) is 80.4 Å². The molecule has 0 aliphatic heterocycles. The van der Waals surface area contributed by atoms with E-state index in [0.29, 0.717) is 0 Å². The fraction of sp³-hybridized carbons (Fsp3) is 0.833. The van der Waals surface area contributed by atoms with E-state index < -0.39 is 22.0 Å². The SMILES string of the molecule is CC(C)S(=O)C(CN)C(=O)O. The van der Waals surface area contributed by atoms with E-state index in [0.717, 1.165) is 0 Å². The van der Waals surface area contributed by atoms with Gasteiger partial charge in [-0.1, -0.05) is 13.8 Å². The summed E-state index contributed by atoms with van der Waals surface area (Å²) in [6, 6.07) is 0. The third kappa shape index (κ3) is 2.98. The van der Waals surface area contributed by atoms with Crippen LogP contribution in [0.25, 0.3) is 0 Å². The lowest BCUT2D eigenvalue weighted by Gasteiger charge is -2.11. The summed E-state index contributed by atoms with van der Waals surface area (Å²) in [4.78, 5) is 10.4. The molecule has 0 radical (unpaired) electrons. The summed E-state index contributed by atoms with van der Waals surface area (Å²) >= 11 is 0. The van der Waals surface area contributed by atoms with Gasteiger partial charge in [-0.3, -0.25) is 9.00 Å². The largest absolute Gasteiger partial charge is 0.480 e. The standard InChI is InChI=1S/C6H13NO3S/c1-4(2)11(10)5(3-7)6(8)9/h4-5H,3,7H2,1-2H3,(H,8,9). The van der Waals surface area contributed by atoms with Crippen molar-refractivity contribution in [2.45, 2.75) is 24.3 Å². The molecule has 0 aromatic heterocycles. The van der Waals surface area contributed by atoms with Crippen LogP contribution in [-0.2, 0) is 15.6 Å². The lowest BCUT2D eigenvalue weighted by atomic mass is 10.4. The Morgan fingerprint density at radius 3 is 2.18 bits per heavy atom. The van der Waals surface area contributed by atoms with Gasteiger partial charge < -0.3 is 10.8 Å². The Labute approximate surface area is 68.2 Å². The molecule has 0 aromatic carbocycles. The zero-order chi connectivity index (χ0) is 9.02. The van der Waals surface area contributed by atoms with Gasteiger partial charge in [-0.2, -0.15) is 0 Å². The van der Waals surface area contributed by atoms with Gasteiger partial charge in [-0.25, -0.2) is 0 Å². The van der Waals surface area contributed by atoms with Crippen LogP contribution in [0.15, 0.2) is 0 Å². The van der Waals surface area contributed by atoms with Crippen molar-refractivity contribution in [3.05, 3.63) is 0 Å². The number of carbonyl (C=O) groups is 1. The molecule has 0 aliphatic carbocycles. The Bertz CT molecular complexity index is 169. The van der Waals surface area contributed by atoms with Crippen LogP contribution in [0.1, 0.15) is 13.8 Å². The summed E-state index contributed by atoms with van der Waals surface area (Å²) < 4.78 is 11.2. The highest BCUT2D eigenvalue weighted by molar-refractivity contribution is 7.87. The second kappa shape index (κ2) is 4.46. The first-order chi connectivity index (χ1) is 5.00. The van der Waals surface area contributed by atoms with Crippen LogP contribution in [0.2, 0.25) is 0 Å². The highest BCUT2D eigenvalue weighted by Crippen LogP contribution is 2.02. The number of aliphatic carboxylic acids is 1. The molecule has 0 rings (SSSR count). The quantitative estimate of drug-likeness (QED) is 0.613. The molecule has 0 fully saturated rings. The molecule has 0 bridgehead atoms. The molecule has 0 amide bonds. The number of rotatable bonds is 4. The van der Waals surface area contributed by atoms with E-state index in [1.54, 1.807) is 13.8 Å². The van der Waals surface area contributed by atoms with Crippen LogP contribution >= 0.6 is 0 Å². The molecule has 11 heavy (non-hydrogen) atoms. The maximum Gasteiger partial charge on any atom is 0.320 e. The van der Waals surface area contributed by atoms with E-state index in [2.05, 4.69) is 0 Å². The van der Waals surface area contributed by atoms with Gasteiger partial charge in [0.15, 0.2) is 0 Å². The van der Waals surface area contributed by atoms with Gasteiger partial charge in [0, 0.05) is 22.6 Å². The van der Waals surface area contributed by atoms with E-state index in [1.165, 1.54) is 0 Å². The fourth-order valence-electron chi connectivity index (χ4n) is 0.624. The van der Waals surface area contributed by atoms with Gasteiger partial charge in [0.05, 0.1) is 0 Å². The van der Waals surface area contributed by atoms with E-state index >= 15 is 0 Å². The minimum absolute atomic E-state index is 0.0693. The maximum absolute atomic E-state index is 11.2. The fourth-order valence-corrected chi connectivity index (χ4v) is 1.67. The molecule has 3 N–H and O–H groups in total. The van der Waals surface area contributed by atoms with Gasteiger partial charge in [-0.15, -0.1) is 0 Å². The van der Waals surface area contributed by atoms with Crippen molar-refractivity contribution in [3.63, 3.8) is 0 Å². The van der Waals surface area contributed by atoms with Crippen LogP contribution in [0.5, 0.6) is 0 Å². The molecule has 0 aliphatic rings. The highest BCUT2D eigenvalue weighted by Gasteiger charge is 2.24. The molecule has 0 spiro atoms. The summed E-state index contributed by atoms with van der Waals surface area (Å²) in [5.41, 5.74) is 5.14. The molecule has 2 unspecified atom stereocenters. The predicted molar refractivity (Wildman–Crippen MR) is 43.8 cm³/mol. The van der Waals surface area contributed by atoms with Crippen LogP contribution < -0.4 is 5.73 Å². The monoisotopic (exact) mass is 179 g/mol. The Balaban J connectivity index is 4.27. The van der Waals surface area contributed by atoms with Crippen LogP contribution in [0.4, 0.5) is 0 Å². The Hall–Kier alpha value is -0.420. The number of carboxylic acids is 1. The summed E-state index contributed by atoms with van der Waals surface area (Å²) in [7, 11) is -1.36. The van der Waals surface area contributed by atoms with Crippen LogP contribution in [-0.4, -0.2) is 32.3 Å². The third-order valence-electron chi connectivity index (χ3n) is 1.23. The molecule has 0 saturated heterocycles. The van der Waals surface area contributed by atoms with Crippen molar-refractivity contribution in [1.82, 2.24) is 0 Å². The van der Waals surface area contributed by atoms with Crippen molar-refractivity contribution >= 4 is 16.8 Å². The minimum atomic E-state index is -1.36. The normalized spacial score (nSPS) is 16.4. The highest BCUT2D eigenvalue weighted by atomic mass is 32.2. The minimum Gasteiger partial charge on any atom is -0.480 e. The van der Waals surface area contributed by atoms with Crippen molar-refractivity contribution in [1.29, 1.82) is 0 Å². The van der Waals surface area contributed by atoms with Crippen LogP contribution in [0, 0.1) is 0 Å². The molecule has 0 aromatic rings. The Morgan fingerprint density at radius 2 is 2.09 bits per heavy atom. The Morgan fingerprint density at radius 1 is 1.64 bits per heavy atom. The first-order valence-corrected chi connectivity index (χ1v) is 4.60. The summed E-state index contributed by atoms with van der Waals surface area (Å²) in [6.45, 7) is 3.35. The molecule has 2 atom stereocenters. The third-order valence-corrected chi connectivity index (χ3v) is 3.12. The van der Waals surface area contributed by atoms with Gasteiger partial charge in [-0.05, 0) is 0 Å². The molecular formula is C6H13NO3S. The van der Waals surface area contributed by atoms with Crippen molar-refractivity contribution in [2.75, 3.05) is 6.54 Å². The molecule has 5 heteroatoms. The van der Waals surface area contributed by atoms with Gasteiger partial charge in [0.2, 0.25) is 0 Å². The average molecular weight is 179 g/mol. The molecule has 0 saturated carbocycles. The van der Waals surface area contributed by atoms with Crippen molar-refractivity contribution in [3.8, 4) is 0 Å². The molecule has 0 heterocycles. The van der Waals surface area contributed by atoms with Crippen molar-refractivity contribution < 1.29 is 14.1 Å². The maximum atomic E-state index is 11.2. The number of hydrogen-bond acceptors (Lipinski definition) is 3. The van der Waals surface area contributed by atoms with E-state index in [4.69, 9.17) is 10.8 Å². The predicted octanol–water partition coefficient (Wildman–Crippen LogP) is -0.445. The van der Waals surface area contributed by atoms with Crippen LogP contribution in [0.3, 0.4) is 0 Å². The van der Waals surface area contributed by atoms with Gasteiger partial charge in [0.1, 0.15) is 5.25 Å². The van der Waals surface area contributed by atoms with E-state index in [1.807, 2.05) is 0 Å². The number of nitrogens with two attached hydrogens (primary N) is 1. The van der Waals surface area contributed by atoms with E-state index in [-0.39, 0.29) is 11.8 Å². The lowest BCUT2D eigenvalue weighted by Crippen LogP contribution is -2.36. The van der Waals surface area contributed by atoms with Crippen molar-refractivity contribution in [2.24, 2.45) is 5.73 Å². The lowest BCUT2D eigenvalue weighted by molar-refractivity contribution is -0.136. The molecule has 4 nitrogen and oxygen atoms in total. The van der Waals surface area contributed by atoms with Gasteiger partial charge >= 0.3 is 5.97 Å². The summed E-state index contributed by atoms with van der Waals surface area (Å²) in [5, 5.41) is 7.45. The second-order valence-corrected chi connectivity index (χ2v) is 4.61.